The Balaban J connectivity index is 1.42. The molecule has 0 fully saturated rings. The number of hydrogen-bond acceptors (Lipinski definition) is 3. The molecule has 0 unspecified atom stereocenters. The molecule has 0 atom stereocenters. The second kappa shape index (κ2) is 10.3. The number of benzene rings is 3. The Morgan fingerprint density at radius 1 is 0.944 bits per heavy atom. The Morgan fingerprint density at radius 2 is 1.69 bits per heavy atom. The van der Waals surface area contributed by atoms with Crippen LogP contribution in [0.5, 0.6) is 5.75 Å². The van der Waals surface area contributed by atoms with E-state index in [1.54, 1.807) is 41.9 Å². The van der Waals surface area contributed by atoms with E-state index in [9.17, 15) is 18.0 Å². The first-order valence-corrected chi connectivity index (χ1v) is 11.4. The quantitative estimate of drug-likeness (QED) is 0.311. The maximum Gasteiger partial charge on any atom is 0.416 e. The molecule has 0 aliphatic carbocycles. The van der Waals surface area contributed by atoms with Gasteiger partial charge in [-0.1, -0.05) is 42.0 Å². The van der Waals surface area contributed by atoms with E-state index in [-0.39, 0.29) is 12.5 Å². The molecule has 0 aliphatic heterocycles. The Labute approximate surface area is 207 Å². The van der Waals surface area contributed by atoms with Crippen LogP contribution in [0.25, 0.3) is 0 Å². The van der Waals surface area contributed by atoms with Crippen molar-refractivity contribution in [2.24, 2.45) is 0 Å². The van der Waals surface area contributed by atoms with Gasteiger partial charge in [0.05, 0.1) is 12.1 Å². The average Bonchev–Trinajstić information content (AvgIpc) is 3.16. The molecule has 1 amide bonds. The molecule has 0 bridgehead atoms. The number of halogens is 3. The lowest BCUT2D eigenvalue weighted by Crippen LogP contribution is -2.13. The van der Waals surface area contributed by atoms with E-state index in [2.05, 4.69) is 10.4 Å². The predicted molar refractivity (Wildman–Crippen MR) is 132 cm³/mol. The Hall–Kier alpha value is -4.07. The molecule has 0 saturated carbocycles. The molecule has 0 saturated heterocycles. The van der Waals surface area contributed by atoms with Crippen molar-refractivity contribution in [2.45, 2.75) is 40.1 Å². The first-order chi connectivity index (χ1) is 17.1. The third-order valence-electron chi connectivity index (χ3n) is 5.72. The molecular weight excluding hydrogens is 467 g/mol. The fourth-order valence-corrected chi connectivity index (χ4v) is 3.86. The maximum atomic E-state index is 13.0. The van der Waals surface area contributed by atoms with Crippen LogP contribution < -0.4 is 10.1 Å². The van der Waals surface area contributed by atoms with Crippen LogP contribution in [-0.2, 0) is 19.3 Å². The summed E-state index contributed by atoms with van der Waals surface area (Å²) < 4.78 is 46.5. The lowest BCUT2D eigenvalue weighted by molar-refractivity contribution is -0.137. The molecule has 1 N–H and O–H groups in total. The predicted octanol–water partition coefficient (Wildman–Crippen LogP) is 6.71. The molecular formula is C28H26F3N3O2. The molecule has 0 aliphatic rings. The number of carbonyl (C=O) groups excluding carboxylic acids is 1. The Kier molecular flexibility index (Phi) is 7.15. The molecule has 3 aromatic carbocycles. The van der Waals surface area contributed by atoms with Gasteiger partial charge in [-0.2, -0.15) is 18.3 Å². The summed E-state index contributed by atoms with van der Waals surface area (Å²) in [6.45, 7) is 6.25. The van der Waals surface area contributed by atoms with E-state index in [1.165, 1.54) is 6.07 Å². The molecule has 186 valence electrons. The van der Waals surface area contributed by atoms with Gasteiger partial charge in [0.25, 0.3) is 5.91 Å². The molecule has 8 heteroatoms. The summed E-state index contributed by atoms with van der Waals surface area (Å²) in [5, 5.41) is 7.12. The average molecular weight is 494 g/mol. The lowest BCUT2D eigenvalue weighted by atomic mass is 10.1. The van der Waals surface area contributed by atoms with Crippen LogP contribution in [0.3, 0.4) is 0 Å². The molecule has 0 radical (unpaired) electrons. The van der Waals surface area contributed by atoms with Gasteiger partial charge in [0.2, 0.25) is 0 Å². The molecule has 1 heterocycles. The smallest absolute Gasteiger partial charge is 0.416 e. The van der Waals surface area contributed by atoms with Gasteiger partial charge in [-0.25, -0.2) is 0 Å². The van der Waals surface area contributed by atoms with Gasteiger partial charge in [0.15, 0.2) is 5.82 Å². The summed E-state index contributed by atoms with van der Waals surface area (Å²) in [5.74, 6) is 0.769. The highest BCUT2D eigenvalue weighted by Crippen LogP contribution is 2.30. The zero-order chi connectivity index (χ0) is 25.9. The van der Waals surface area contributed by atoms with Crippen LogP contribution in [0.15, 0.2) is 72.8 Å². The van der Waals surface area contributed by atoms with Crippen molar-refractivity contribution in [1.82, 2.24) is 9.78 Å². The summed E-state index contributed by atoms with van der Waals surface area (Å²) >= 11 is 0. The van der Waals surface area contributed by atoms with Crippen molar-refractivity contribution in [1.29, 1.82) is 0 Å². The van der Waals surface area contributed by atoms with Crippen molar-refractivity contribution >= 4 is 11.7 Å². The lowest BCUT2D eigenvalue weighted by Gasteiger charge is -2.11. The zero-order valence-corrected chi connectivity index (χ0v) is 20.2. The SMILES string of the molecule is Cc1ccc(OCc2cccc(C(=O)Nc3cc(C)n(Cc4cccc(C(F)(F)F)c4)n3)c2)c(C)c1. The van der Waals surface area contributed by atoms with Crippen LogP contribution in [0, 0.1) is 20.8 Å². The van der Waals surface area contributed by atoms with Crippen LogP contribution in [0.1, 0.15) is 43.9 Å². The number of nitrogens with zero attached hydrogens (tertiary/aromatic N) is 2. The van der Waals surface area contributed by atoms with Gasteiger partial charge < -0.3 is 10.1 Å². The van der Waals surface area contributed by atoms with Crippen LogP contribution in [0.4, 0.5) is 19.0 Å². The monoisotopic (exact) mass is 493 g/mol. The number of amides is 1. The van der Waals surface area contributed by atoms with Crippen LogP contribution in [0.2, 0.25) is 0 Å². The zero-order valence-electron chi connectivity index (χ0n) is 20.2. The minimum absolute atomic E-state index is 0.150. The summed E-state index contributed by atoms with van der Waals surface area (Å²) in [6.07, 6.45) is -4.41. The van der Waals surface area contributed by atoms with Gasteiger partial charge >= 0.3 is 6.18 Å². The van der Waals surface area contributed by atoms with Gasteiger partial charge in [-0.15, -0.1) is 0 Å². The Morgan fingerprint density at radius 3 is 2.44 bits per heavy atom. The second-order valence-electron chi connectivity index (χ2n) is 8.74. The highest BCUT2D eigenvalue weighted by atomic mass is 19.4. The highest BCUT2D eigenvalue weighted by molar-refractivity contribution is 6.03. The molecule has 5 nitrogen and oxygen atoms in total. The first-order valence-electron chi connectivity index (χ1n) is 11.4. The fraction of sp³-hybridized carbons (Fsp3) is 0.214. The minimum atomic E-state index is -4.41. The Bertz CT molecular complexity index is 1390. The molecule has 1 aromatic heterocycles. The first kappa shape index (κ1) is 25.0. The number of alkyl halides is 3. The fourth-order valence-electron chi connectivity index (χ4n) is 3.86. The number of anilines is 1. The molecule has 0 spiro atoms. The van der Waals surface area contributed by atoms with E-state index in [0.29, 0.717) is 29.2 Å². The maximum absolute atomic E-state index is 13.0. The third-order valence-corrected chi connectivity index (χ3v) is 5.72. The number of carbonyl (C=O) groups is 1. The number of hydrogen-bond donors (Lipinski definition) is 1. The van der Waals surface area contributed by atoms with Gasteiger partial charge in [0.1, 0.15) is 12.4 Å². The van der Waals surface area contributed by atoms with E-state index < -0.39 is 11.7 Å². The van der Waals surface area contributed by atoms with E-state index >= 15 is 0 Å². The van der Waals surface area contributed by atoms with Gasteiger partial charge in [-0.05, 0) is 67.8 Å². The number of ether oxygens (including phenoxy) is 1. The van der Waals surface area contributed by atoms with Gasteiger partial charge in [0, 0.05) is 17.3 Å². The third kappa shape index (κ3) is 6.13. The summed E-state index contributed by atoms with van der Waals surface area (Å²) in [7, 11) is 0. The topological polar surface area (TPSA) is 56.1 Å². The molecule has 4 aromatic rings. The van der Waals surface area contributed by atoms with Crippen molar-refractivity contribution in [3.63, 3.8) is 0 Å². The minimum Gasteiger partial charge on any atom is -0.489 e. The largest absolute Gasteiger partial charge is 0.489 e. The normalized spacial score (nSPS) is 11.4. The van der Waals surface area contributed by atoms with E-state index in [4.69, 9.17) is 4.74 Å². The van der Waals surface area contributed by atoms with Crippen LogP contribution >= 0.6 is 0 Å². The summed E-state index contributed by atoms with van der Waals surface area (Å²) in [4.78, 5) is 12.8. The highest BCUT2D eigenvalue weighted by Gasteiger charge is 2.30. The number of nitrogens with one attached hydrogen (secondary N) is 1. The molecule has 4 rings (SSSR count). The standard InChI is InChI=1S/C28H26F3N3O2/c1-18-10-11-25(19(2)12-18)36-17-22-7-4-8-23(14-22)27(35)32-26-13-20(3)34(33-26)16-21-6-5-9-24(15-21)28(29,30)31/h4-15H,16-17H2,1-3H3,(H,32,33,35). The number of aryl methyl sites for hydroxylation is 3. The van der Waals surface area contributed by atoms with Crippen molar-refractivity contribution in [3.8, 4) is 5.75 Å². The van der Waals surface area contributed by atoms with Crippen molar-refractivity contribution in [2.75, 3.05) is 5.32 Å². The summed E-state index contributed by atoms with van der Waals surface area (Å²) in [5.41, 5.74) is 3.95. The van der Waals surface area contributed by atoms with Crippen LogP contribution in [-0.4, -0.2) is 15.7 Å². The van der Waals surface area contributed by atoms with Crippen molar-refractivity contribution in [3.05, 3.63) is 112 Å². The summed E-state index contributed by atoms with van der Waals surface area (Å²) in [6, 6.07) is 19.9. The van der Waals surface area contributed by atoms with E-state index in [0.717, 1.165) is 34.6 Å². The number of aromatic nitrogens is 2. The van der Waals surface area contributed by atoms with Gasteiger partial charge in [-0.3, -0.25) is 9.48 Å². The van der Waals surface area contributed by atoms with Crippen molar-refractivity contribution < 1.29 is 22.7 Å². The number of rotatable bonds is 7. The van der Waals surface area contributed by atoms with E-state index in [1.807, 2.05) is 38.1 Å². The second-order valence-corrected chi connectivity index (χ2v) is 8.74. The molecule has 36 heavy (non-hydrogen) atoms.